The molecule has 5 atom stereocenters. The molecule has 4 N–H and O–H groups in total. The van der Waals surface area contributed by atoms with Crippen LogP contribution in [0, 0.1) is 0 Å². The molecular weight excluding hydrogens is 264 g/mol. The molecule has 0 bridgehead atoms. The van der Waals surface area contributed by atoms with Crippen molar-refractivity contribution in [3.63, 3.8) is 0 Å². The van der Waals surface area contributed by atoms with Crippen LogP contribution in [0.1, 0.15) is 0 Å². The van der Waals surface area contributed by atoms with Crippen LogP contribution >= 0.6 is 12.6 Å². The quantitative estimate of drug-likeness (QED) is 0.265. The van der Waals surface area contributed by atoms with Gasteiger partial charge in [-0.3, -0.25) is 0 Å². The van der Waals surface area contributed by atoms with Gasteiger partial charge in [-0.25, -0.2) is 0 Å². The van der Waals surface area contributed by atoms with Crippen LogP contribution in [0.3, 0.4) is 0 Å². The van der Waals surface area contributed by atoms with Crippen LogP contribution in [-0.4, -0.2) is 83.3 Å². The molecule has 1 aliphatic rings. The molecule has 7 nitrogen and oxygen atoms in total. The first-order valence-corrected chi connectivity index (χ1v) is 6.35. The lowest BCUT2D eigenvalue weighted by atomic mass is 9.99. The highest BCUT2D eigenvalue weighted by atomic mass is 32.1. The van der Waals surface area contributed by atoms with Crippen molar-refractivity contribution in [2.75, 3.05) is 32.2 Å². The van der Waals surface area contributed by atoms with E-state index < -0.39 is 37.3 Å². The van der Waals surface area contributed by atoms with Crippen LogP contribution in [0.15, 0.2) is 0 Å². The van der Waals surface area contributed by atoms with Gasteiger partial charge in [0, 0.05) is 5.75 Å². The Morgan fingerprint density at radius 1 is 1.00 bits per heavy atom. The maximum atomic E-state index is 9.63. The molecule has 1 rings (SSSR count). The van der Waals surface area contributed by atoms with E-state index in [0.717, 1.165) is 0 Å². The minimum Gasteiger partial charge on any atom is -0.394 e. The molecule has 0 aromatic rings. The summed E-state index contributed by atoms with van der Waals surface area (Å²) in [7, 11) is 0. The number of hydrogen-bond acceptors (Lipinski definition) is 8. The van der Waals surface area contributed by atoms with Gasteiger partial charge in [0.2, 0.25) is 0 Å². The van der Waals surface area contributed by atoms with Crippen LogP contribution in [0.25, 0.3) is 0 Å². The van der Waals surface area contributed by atoms with E-state index in [0.29, 0.717) is 19.0 Å². The highest BCUT2D eigenvalue weighted by Gasteiger charge is 2.43. The molecule has 1 fully saturated rings. The van der Waals surface area contributed by atoms with E-state index >= 15 is 0 Å². The first-order chi connectivity index (χ1) is 8.61. The smallest absolute Gasteiger partial charge is 0.186 e. The summed E-state index contributed by atoms with van der Waals surface area (Å²) in [6, 6.07) is 0. The van der Waals surface area contributed by atoms with E-state index in [2.05, 4.69) is 12.6 Å². The topological polar surface area (TPSA) is 109 Å². The largest absolute Gasteiger partial charge is 0.394 e. The lowest BCUT2D eigenvalue weighted by Gasteiger charge is -2.39. The lowest BCUT2D eigenvalue weighted by molar-refractivity contribution is -0.302. The Morgan fingerprint density at radius 2 is 1.72 bits per heavy atom. The molecule has 108 valence electrons. The van der Waals surface area contributed by atoms with Gasteiger partial charge in [-0.15, -0.1) is 0 Å². The zero-order chi connectivity index (χ0) is 13.5. The second-order valence-electron chi connectivity index (χ2n) is 3.90. The summed E-state index contributed by atoms with van der Waals surface area (Å²) < 4.78 is 15.4. The summed E-state index contributed by atoms with van der Waals surface area (Å²) in [6.45, 7) is 0.480. The Balaban J connectivity index is 2.35. The molecule has 0 amide bonds. The second-order valence-corrected chi connectivity index (χ2v) is 4.35. The van der Waals surface area contributed by atoms with Gasteiger partial charge in [0.05, 0.1) is 26.4 Å². The predicted molar refractivity (Wildman–Crippen MR) is 64.4 cm³/mol. The fraction of sp³-hybridized carbons (Fsp3) is 1.00. The van der Waals surface area contributed by atoms with Gasteiger partial charge in [0.25, 0.3) is 0 Å². The molecule has 1 heterocycles. The molecule has 0 aromatic heterocycles. The first-order valence-electron chi connectivity index (χ1n) is 5.72. The van der Waals surface area contributed by atoms with Gasteiger partial charge in [0.15, 0.2) is 6.29 Å². The number of thiol groups is 1. The number of aliphatic hydroxyl groups is 4. The van der Waals surface area contributed by atoms with E-state index in [1.807, 2.05) is 0 Å². The highest BCUT2D eigenvalue weighted by Crippen LogP contribution is 2.21. The molecule has 0 aromatic carbocycles. The summed E-state index contributed by atoms with van der Waals surface area (Å²) in [5.74, 6) is 0.597. The molecule has 0 saturated carbocycles. The predicted octanol–water partition coefficient (Wildman–Crippen LogP) is -2.25. The molecule has 0 spiro atoms. The zero-order valence-electron chi connectivity index (χ0n) is 9.88. The van der Waals surface area contributed by atoms with Crippen molar-refractivity contribution in [3.8, 4) is 0 Å². The average Bonchev–Trinajstić information content (AvgIpc) is 2.38. The van der Waals surface area contributed by atoms with Crippen LogP contribution in [-0.2, 0) is 14.2 Å². The van der Waals surface area contributed by atoms with E-state index in [-0.39, 0.29) is 6.61 Å². The van der Waals surface area contributed by atoms with E-state index in [1.54, 1.807) is 0 Å². The van der Waals surface area contributed by atoms with Crippen molar-refractivity contribution >= 4 is 12.6 Å². The van der Waals surface area contributed by atoms with Crippen LogP contribution in [0.2, 0.25) is 0 Å². The third-order valence-electron chi connectivity index (χ3n) is 2.59. The summed E-state index contributed by atoms with van der Waals surface area (Å²) in [5, 5.41) is 37.6. The lowest BCUT2D eigenvalue weighted by Crippen LogP contribution is -2.59. The second kappa shape index (κ2) is 8.28. The summed E-state index contributed by atoms with van der Waals surface area (Å²) >= 11 is 3.97. The van der Waals surface area contributed by atoms with Gasteiger partial charge in [-0.05, 0) is 0 Å². The van der Waals surface area contributed by atoms with Gasteiger partial charge in [-0.2, -0.15) is 12.6 Å². The summed E-state index contributed by atoms with van der Waals surface area (Å²) in [4.78, 5) is 0. The summed E-state index contributed by atoms with van der Waals surface area (Å²) in [6.07, 6.45) is -6.20. The number of hydrogen-bond donors (Lipinski definition) is 5. The molecule has 0 aliphatic carbocycles. The molecule has 18 heavy (non-hydrogen) atoms. The Morgan fingerprint density at radius 3 is 2.33 bits per heavy atom. The number of aliphatic hydroxyl groups excluding tert-OH is 4. The van der Waals surface area contributed by atoms with Crippen molar-refractivity contribution in [2.24, 2.45) is 0 Å². The third-order valence-corrected chi connectivity index (χ3v) is 2.78. The van der Waals surface area contributed by atoms with E-state index in [4.69, 9.17) is 19.3 Å². The first kappa shape index (κ1) is 16.1. The van der Waals surface area contributed by atoms with Gasteiger partial charge in [0.1, 0.15) is 24.4 Å². The molecule has 0 radical (unpaired) electrons. The minimum absolute atomic E-state index is 0.163. The Kier molecular flexibility index (Phi) is 7.42. The maximum absolute atomic E-state index is 9.63. The van der Waals surface area contributed by atoms with Crippen LogP contribution in [0.5, 0.6) is 0 Å². The number of rotatable bonds is 7. The third kappa shape index (κ3) is 4.32. The minimum atomic E-state index is -1.42. The molecule has 1 saturated heterocycles. The van der Waals surface area contributed by atoms with Gasteiger partial charge in [-0.1, -0.05) is 0 Å². The maximum Gasteiger partial charge on any atom is 0.186 e. The van der Waals surface area contributed by atoms with Gasteiger partial charge >= 0.3 is 0 Å². The molecule has 2 unspecified atom stereocenters. The SMILES string of the molecule is OCC1O[C@@H](OCCOCCS)[C@@H](O)C(O)[C@H]1O. The van der Waals surface area contributed by atoms with E-state index in [9.17, 15) is 15.3 Å². The number of ether oxygens (including phenoxy) is 3. The highest BCUT2D eigenvalue weighted by molar-refractivity contribution is 7.80. The van der Waals surface area contributed by atoms with Crippen molar-refractivity contribution < 1.29 is 34.6 Å². The zero-order valence-corrected chi connectivity index (χ0v) is 10.8. The van der Waals surface area contributed by atoms with Gasteiger partial charge < -0.3 is 34.6 Å². The average molecular weight is 284 g/mol. The summed E-state index contributed by atoms with van der Waals surface area (Å²) in [5.41, 5.74) is 0. The van der Waals surface area contributed by atoms with E-state index in [1.165, 1.54) is 0 Å². The monoisotopic (exact) mass is 284 g/mol. The normalized spacial score (nSPS) is 36.8. The van der Waals surface area contributed by atoms with Crippen LogP contribution < -0.4 is 0 Å². The van der Waals surface area contributed by atoms with Crippen molar-refractivity contribution in [1.82, 2.24) is 0 Å². The fourth-order valence-corrected chi connectivity index (χ4v) is 1.72. The Labute approximate surface area is 111 Å². The standard InChI is InChI=1S/C10H20O7S/c11-5-6-7(12)8(13)9(14)10(17-6)16-2-1-15-3-4-18/h6-14,18H,1-5H2/t6?,7-,8?,9-,10+/m0/s1. The van der Waals surface area contributed by atoms with Crippen LogP contribution in [0.4, 0.5) is 0 Å². The molecular formula is C10H20O7S. The van der Waals surface area contributed by atoms with Crippen molar-refractivity contribution in [2.45, 2.75) is 30.7 Å². The van der Waals surface area contributed by atoms with Crippen molar-refractivity contribution in [3.05, 3.63) is 0 Å². The Hall–Kier alpha value is 0.0700. The molecule has 1 aliphatic heterocycles. The molecule has 8 heteroatoms. The fourth-order valence-electron chi connectivity index (χ4n) is 1.59. The van der Waals surface area contributed by atoms with Crippen molar-refractivity contribution in [1.29, 1.82) is 0 Å². The Bertz CT molecular complexity index is 228.